The highest BCUT2D eigenvalue weighted by Crippen LogP contribution is 2.24. The lowest BCUT2D eigenvalue weighted by Gasteiger charge is -2.38. The Kier molecular flexibility index (Phi) is 4.83. The van der Waals surface area contributed by atoms with E-state index in [2.05, 4.69) is 24.0 Å². The third-order valence-corrected chi connectivity index (χ3v) is 7.13. The van der Waals surface area contributed by atoms with Crippen LogP contribution in [0, 0.1) is 6.92 Å². The number of rotatable bonds is 3. The number of ether oxygens (including phenoxy) is 1. The van der Waals surface area contributed by atoms with E-state index in [0.717, 1.165) is 16.7 Å². The molecule has 7 nitrogen and oxygen atoms in total. The van der Waals surface area contributed by atoms with Crippen molar-refractivity contribution in [3.05, 3.63) is 35.9 Å². The number of benzene rings is 1. The molecule has 2 fully saturated rings. The molecule has 0 saturated carbocycles. The number of pyridine rings is 1. The van der Waals surface area contributed by atoms with Crippen LogP contribution in [0.1, 0.15) is 5.56 Å². The van der Waals surface area contributed by atoms with Crippen molar-refractivity contribution in [3.63, 3.8) is 0 Å². The summed E-state index contributed by atoms with van der Waals surface area (Å²) < 4.78 is 33.9. The fourth-order valence-corrected chi connectivity index (χ4v) is 5.14. The molecule has 2 aromatic rings. The number of hydrogen-bond acceptors (Lipinski definition) is 5. The summed E-state index contributed by atoms with van der Waals surface area (Å²) in [7, 11) is -3.39. The minimum atomic E-state index is -3.39. The van der Waals surface area contributed by atoms with Crippen LogP contribution in [0.2, 0.25) is 0 Å². The molecular weight excluding hydrogens is 352 g/mol. The van der Waals surface area contributed by atoms with Crippen LogP contribution < -0.4 is 4.90 Å². The number of fused-ring (bicyclic) bond motifs is 1. The van der Waals surface area contributed by atoms with Crippen molar-refractivity contribution in [1.29, 1.82) is 0 Å². The average molecular weight is 376 g/mol. The molecule has 0 unspecified atom stereocenters. The van der Waals surface area contributed by atoms with Gasteiger partial charge in [-0.1, -0.05) is 18.2 Å². The SMILES string of the molecule is Cc1cc(N2CCN(S(=O)(=O)N3CCOCC3)CC2)nc2ccccc12. The Labute approximate surface area is 154 Å². The van der Waals surface area contributed by atoms with Crippen molar-refractivity contribution >= 4 is 26.9 Å². The molecule has 140 valence electrons. The maximum absolute atomic E-state index is 12.8. The van der Waals surface area contributed by atoms with Crippen LogP contribution in [-0.4, -0.2) is 74.5 Å². The van der Waals surface area contributed by atoms with E-state index in [1.807, 2.05) is 18.2 Å². The van der Waals surface area contributed by atoms with Gasteiger partial charge < -0.3 is 9.64 Å². The topological polar surface area (TPSA) is 66.0 Å². The maximum atomic E-state index is 12.8. The van der Waals surface area contributed by atoms with Crippen molar-refractivity contribution < 1.29 is 13.2 Å². The van der Waals surface area contributed by atoms with E-state index in [1.54, 1.807) is 4.31 Å². The summed E-state index contributed by atoms with van der Waals surface area (Å²) in [6.45, 7) is 6.16. The van der Waals surface area contributed by atoms with Crippen LogP contribution in [0.15, 0.2) is 30.3 Å². The molecule has 26 heavy (non-hydrogen) atoms. The summed E-state index contributed by atoms with van der Waals surface area (Å²) in [4.78, 5) is 6.94. The second-order valence-electron chi connectivity index (χ2n) is 6.72. The number of aromatic nitrogens is 1. The Morgan fingerprint density at radius 3 is 2.35 bits per heavy atom. The normalized spacial score (nSPS) is 20.6. The summed E-state index contributed by atoms with van der Waals surface area (Å²) in [5.74, 6) is 0.921. The van der Waals surface area contributed by atoms with Gasteiger partial charge in [0.05, 0.1) is 18.7 Å². The zero-order valence-corrected chi connectivity index (χ0v) is 15.8. The van der Waals surface area contributed by atoms with E-state index in [-0.39, 0.29) is 0 Å². The molecule has 0 bridgehead atoms. The van der Waals surface area contributed by atoms with E-state index in [4.69, 9.17) is 9.72 Å². The first-order chi connectivity index (χ1) is 12.6. The molecule has 3 heterocycles. The van der Waals surface area contributed by atoms with Gasteiger partial charge in [-0.2, -0.15) is 17.0 Å². The molecule has 0 N–H and O–H groups in total. The Morgan fingerprint density at radius 2 is 1.62 bits per heavy atom. The fourth-order valence-electron chi connectivity index (χ4n) is 3.58. The number of morpholine rings is 1. The highest BCUT2D eigenvalue weighted by molar-refractivity contribution is 7.86. The molecule has 2 aliphatic rings. The molecule has 0 amide bonds. The van der Waals surface area contributed by atoms with Crippen LogP contribution in [0.3, 0.4) is 0 Å². The van der Waals surface area contributed by atoms with Gasteiger partial charge in [0.1, 0.15) is 5.82 Å². The minimum absolute atomic E-state index is 0.438. The van der Waals surface area contributed by atoms with Gasteiger partial charge in [0.25, 0.3) is 10.2 Å². The molecule has 4 rings (SSSR count). The summed E-state index contributed by atoms with van der Waals surface area (Å²) in [6, 6.07) is 10.2. The molecule has 1 aromatic carbocycles. The molecule has 2 saturated heterocycles. The molecule has 0 aliphatic carbocycles. The number of nitrogens with zero attached hydrogens (tertiary/aromatic N) is 4. The maximum Gasteiger partial charge on any atom is 0.282 e. The predicted octanol–water partition coefficient (Wildman–Crippen LogP) is 1.24. The standard InChI is InChI=1S/C18H24N4O3S/c1-15-14-18(19-17-5-3-2-4-16(15)17)20-6-8-21(9-7-20)26(23,24)22-10-12-25-13-11-22/h2-5,14H,6-13H2,1H3. The van der Waals surface area contributed by atoms with Gasteiger partial charge in [-0.05, 0) is 24.6 Å². The highest BCUT2D eigenvalue weighted by atomic mass is 32.2. The number of para-hydroxylation sites is 1. The van der Waals surface area contributed by atoms with Crippen LogP contribution in [0.5, 0.6) is 0 Å². The van der Waals surface area contributed by atoms with E-state index in [0.29, 0.717) is 52.5 Å². The Bertz CT molecular complexity index is 888. The summed E-state index contributed by atoms with van der Waals surface area (Å²) in [5.41, 5.74) is 2.17. The predicted molar refractivity (Wildman–Crippen MR) is 102 cm³/mol. The lowest BCUT2D eigenvalue weighted by Crippen LogP contribution is -2.55. The first-order valence-corrected chi connectivity index (χ1v) is 10.4. The van der Waals surface area contributed by atoms with Gasteiger partial charge in [0, 0.05) is 44.7 Å². The Balaban J connectivity index is 1.48. The second kappa shape index (κ2) is 7.11. The second-order valence-corrected chi connectivity index (χ2v) is 8.65. The molecule has 0 radical (unpaired) electrons. The molecule has 2 aliphatic heterocycles. The van der Waals surface area contributed by atoms with E-state index >= 15 is 0 Å². The number of hydrogen-bond donors (Lipinski definition) is 0. The smallest absolute Gasteiger partial charge is 0.282 e. The number of anilines is 1. The Morgan fingerprint density at radius 1 is 0.962 bits per heavy atom. The molecule has 8 heteroatoms. The van der Waals surface area contributed by atoms with E-state index in [9.17, 15) is 8.42 Å². The highest BCUT2D eigenvalue weighted by Gasteiger charge is 2.33. The monoisotopic (exact) mass is 376 g/mol. The number of piperazine rings is 1. The van der Waals surface area contributed by atoms with Crippen molar-refractivity contribution in [2.45, 2.75) is 6.92 Å². The fraction of sp³-hybridized carbons (Fsp3) is 0.500. The lowest BCUT2D eigenvalue weighted by molar-refractivity contribution is 0.0700. The lowest BCUT2D eigenvalue weighted by atomic mass is 10.1. The molecular formula is C18H24N4O3S. The van der Waals surface area contributed by atoms with Gasteiger partial charge in [0.2, 0.25) is 0 Å². The average Bonchev–Trinajstić information content (AvgIpc) is 2.69. The van der Waals surface area contributed by atoms with Gasteiger partial charge in [-0.15, -0.1) is 0 Å². The Hall–Kier alpha value is -1.74. The van der Waals surface area contributed by atoms with Crippen LogP contribution in [0.4, 0.5) is 5.82 Å². The van der Waals surface area contributed by atoms with E-state index < -0.39 is 10.2 Å². The van der Waals surface area contributed by atoms with Crippen LogP contribution in [-0.2, 0) is 14.9 Å². The van der Waals surface area contributed by atoms with Gasteiger partial charge >= 0.3 is 0 Å². The quantitative estimate of drug-likeness (QED) is 0.806. The van der Waals surface area contributed by atoms with Gasteiger partial charge in [-0.25, -0.2) is 4.98 Å². The van der Waals surface area contributed by atoms with Crippen molar-refractivity contribution in [2.24, 2.45) is 0 Å². The molecule has 0 spiro atoms. The first kappa shape index (κ1) is 17.7. The summed E-state index contributed by atoms with van der Waals surface area (Å²) >= 11 is 0. The summed E-state index contributed by atoms with van der Waals surface area (Å²) in [5, 5.41) is 1.16. The molecule has 1 aromatic heterocycles. The van der Waals surface area contributed by atoms with Crippen LogP contribution >= 0.6 is 0 Å². The first-order valence-electron chi connectivity index (χ1n) is 9.00. The third kappa shape index (κ3) is 3.29. The van der Waals surface area contributed by atoms with Gasteiger partial charge in [0.15, 0.2) is 0 Å². The number of aryl methyl sites for hydroxylation is 1. The third-order valence-electron chi connectivity index (χ3n) is 5.09. The minimum Gasteiger partial charge on any atom is -0.379 e. The van der Waals surface area contributed by atoms with Crippen molar-refractivity contribution in [1.82, 2.24) is 13.6 Å². The zero-order valence-electron chi connectivity index (χ0n) is 15.0. The zero-order chi connectivity index (χ0) is 18.1. The van der Waals surface area contributed by atoms with Crippen molar-refractivity contribution in [2.75, 3.05) is 57.4 Å². The van der Waals surface area contributed by atoms with Crippen molar-refractivity contribution in [3.8, 4) is 0 Å². The largest absolute Gasteiger partial charge is 0.379 e. The van der Waals surface area contributed by atoms with Crippen LogP contribution in [0.25, 0.3) is 10.9 Å². The molecule has 0 atom stereocenters. The van der Waals surface area contributed by atoms with E-state index in [1.165, 1.54) is 9.87 Å². The summed E-state index contributed by atoms with van der Waals surface area (Å²) in [6.07, 6.45) is 0. The van der Waals surface area contributed by atoms with Gasteiger partial charge in [-0.3, -0.25) is 0 Å².